The molecule has 1 unspecified atom stereocenters. The van der Waals surface area contributed by atoms with E-state index >= 15 is 0 Å². The average molecular weight is 504 g/mol. The minimum absolute atomic E-state index is 0.118. The van der Waals surface area contributed by atoms with Gasteiger partial charge in [-0.1, -0.05) is 30.3 Å². The van der Waals surface area contributed by atoms with Crippen LogP contribution in [0.3, 0.4) is 0 Å². The van der Waals surface area contributed by atoms with E-state index in [0.717, 1.165) is 18.4 Å². The molecule has 1 fully saturated rings. The molecule has 4 aromatic rings. The SMILES string of the molecule is CC(O)CCn1c(=O)c2c(nc(-c3cccnc3OCC3CC3)n2Cc2ccccc2)n(C(C)C)c1=O. The molecule has 0 saturated heterocycles. The molecule has 194 valence electrons. The van der Waals surface area contributed by atoms with Crippen molar-refractivity contribution in [2.24, 2.45) is 5.92 Å². The van der Waals surface area contributed by atoms with Gasteiger partial charge in [-0.25, -0.2) is 14.8 Å². The molecule has 0 bridgehead atoms. The quantitative estimate of drug-likeness (QED) is 0.355. The highest BCUT2D eigenvalue weighted by atomic mass is 16.5. The average Bonchev–Trinajstić information content (AvgIpc) is 3.63. The van der Waals surface area contributed by atoms with Crippen molar-refractivity contribution in [1.29, 1.82) is 0 Å². The van der Waals surface area contributed by atoms with Gasteiger partial charge in [0.05, 0.1) is 18.3 Å². The Bertz CT molecular complexity index is 1510. The Kier molecular flexibility index (Phi) is 6.97. The molecule has 3 heterocycles. The van der Waals surface area contributed by atoms with Crippen LogP contribution in [0.15, 0.2) is 58.3 Å². The van der Waals surface area contributed by atoms with Gasteiger partial charge in [-0.05, 0) is 63.6 Å². The predicted octanol–water partition coefficient (Wildman–Crippen LogP) is 3.61. The molecule has 1 atom stereocenters. The van der Waals surface area contributed by atoms with Crippen molar-refractivity contribution in [3.05, 3.63) is 75.1 Å². The number of aliphatic hydroxyl groups is 1. The van der Waals surface area contributed by atoms with Crippen molar-refractivity contribution < 1.29 is 9.84 Å². The van der Waals surface area contributed by atoms with Gasteiger partial charge in [0, 0.05) is 25.3 Å². The first-order valence-corrected chi connectivity index (χ1v) is 12.9. The number of hydrogen-bond donors (Lipinski definition) is 1. The molecule has 0 amide bonds. The Morgan fingerprint density at radius 2 is 1.81 bits per heavy atom. The van der Waals surface area contributed by atoms with E-state index in [2.05, 4.69) is 4.98 Å². The van der Waals surface area contributed by atoms with Crippen molar-refractivity contribution in [3.8, 4) is 17.3 Å². The predicted molar refractivity (Wildman–Crippen MR) is 142 cm³/mol. The molecule has 1 aliphatic rings. The number of benzene rings is 1. The monoisotopic (exact) mass is 503 g/mol. The van der Waals surface area contributed by atoms with Gasteiger partial charge in [-0.3, -0.25) is 13.9 Å². The molecular weight excluding hydrogens is 470 g/mol. The number of pyridine rings is 1. The van der Waals surface area contributed by atoms with Crippen molar-refractivity contribution in [3.63, 3.8) is 0 Å². The third-order valence-electron chi connectivity index (χ3n) is 6.70. The summed E-state index contributed by atoms with van der Waals surface area (Å²) in [5.41, 5.74) is 1.49. The Labute approximate surface area is 215 Å². The van der Waals surface area contributed by atoms with Gasteiger partial charge in [0.1, 0.15) is 5.82 Å². The molecular formula is C28H33N5O4. The second kappa shape index (κ2) is 10.3. The summed E-state index contributed by atoms with van der Waals surface area (Å²) in [6.07, 6.45) is 3.65. The van der Waals surface area contributed by atoms with Crippen LogP contribution in [0, 0.1) is 5.92 Å². The summed E-state index contributed by atoms with van der Waals surface area (Å²) in [4.78, 5) is 36.7. The third-order valence-corrected chi connectivity index (χ3v) is 6.70. The maximum atomic E-state index is 13.9. The van der Waals surface area contributed by atoms with Crippen LogP contribution in [0.5, 0.6) is 5.88 Å². The molecule has 1 N–H and O–H groups in total. The first-order valence-electron chi connectivity index (χ1n) is 12.9. The number of ether oxygens (including phenoxy) is 1. The van der Waals surface area contributed by atoms with Gasteiger partial charge >= 0.3 is 5.69 Å². The van der Waals surface area contributed by atoms with E-state index in [1.165, 1.54) is 4.57 Å². The zero-order valence-electron chi connectivity index (χ0n) is 21.5. The highest BCUT2D eigenvalue weighted by Gasteiger charge is 2.27. The number of imidazole rings is 1. The largest absolute Gasteiger partial charge is 0.477 e. The standard InChI is InChI=1S/C28H33N5O4/c1-18(2)33-25-23(27(35)31(28(33)36)15-13-19(3)34)32(16-20-8-5-4-6-9-20)24(30-25)22-10-7-14-29-26(22)37-17-21-11-12-21/h4-10,14,18-19,21,34H,11-13,15-17H2,1-3H3. The summed E-state index contributed by atoms with van der Waals surface area (Å²) in [6.45, 7) is 6.53. The number of fused-ring (bicyclic) bond motifs is 1. The van der Waals surface area contributed by atoms with Gasteiger partial charge in [-0.15, -0.1) is 0 Å². The first kappa shape index (κ1) is 25.0. The molecule has 9 nitrogen and oxygen atoms in total. The molecule has 0 radical (unpaired) electrons. The molecule has 37 heavy (non-hydrogen) atoms. The Morgan fingerprint density at radius 3 is 2.49 bits per heavy atom. The van der Waals surface area contributed by atoms with Crippen LogP contribution in [-0.4, -0.2) is 41.5 Å². The second-order valence-electron chi connectivity index (χ2n) is 10.1. The van der Waals surface area contributed by atoms with E-state index in [1.807, 2.05) is 60.9 Å². The number of aliphatic hydroxyl groups excluding tert-OH is 1. The zero-order valence-corrected chi connectivity index (χ0v) is 21.5. The lowest BCUT2D eigenvalue weighted by Crippen LogP contribution is -2.41. The van der Waals surface area contributed by atoms with E-state index in [1.54, 1.807) is 17.7 Å². The van der Waals surface area contributed by atoms with Crippen LogP contribution in [0.25, 0.3) is 22.6 Å². The van der Waals surface area contributed by atoms with Crippen LogP contribution in [0.1, 0.15) is 51.6 Å². The van der Waals surface area contributed by atoms with E-state index < -0.39 is 17.4 Å². The molecule has 0 aliphatic heterocycles. The van der Waals surface area contributed by atoms with Crippen LogP contribution in [0.2, 0.25) is 0 Å². The van der Waals surface area contributed by atoms with Crippen LogP contribution in [0.4, 0.5) is 0 Å². The molecule has 3 aromatic heterocycles. The number of nitrogens with zero attached hydrogens (tertiary/aromatic N) is 5. The first-order chi connectivity index (χ1) is 17.8. The van der Waals surface area contributed by atoms with E-state index in [4.69, 9.17) is 9.72 Å². The lowest BCUT2D eigenvalue weighted by atomic mass is 10.2. The van der Waals surface area contributed by atoms with Gasteiger partial charge in [0.15, 0.2) is 11.2 Å². The zero-order chi connectivity index (χ0) is 26.1. The smallest absolute Gasteiger partial charge is 0.332 e. The highest BCUT2D eigenvalue weighted by Crippen LogP contribution is 2.33. The molecule has 9 heteroatoms. The van der Waals surface area contributed by atoms with Crippen molar-refractivity contribution in [2.75, 3.05) is 6.61 Å². The van der Waals surface area contributed by atoms with Crippen LogP contribution < -0.4 is 16.0 Å². The van der Waals surface area contributed by atoms with Crippen LogP contribution >= 0.6 is 0 Å². The topological polar surface area (TPSA) is 104 Å². The van der Waals surface area contributed by atoms with Gasteiger partial charge in [0.2, 0.25) is 5.88 Å². The van der Waals surface area contributed by atoms with E-state index in [9.17, 15) is 14.7 Å². The molecule has 1 saturated carbocycles. The maximum absolute atomic E-state index is 13.9. The summed E-state index contributed by atoms with van der Waals surface area (Å²) in [5, 5.41) is 9.85. The molecule has 1 aliphatic carbocycles. The van der Waals surface area contributed by atoms with Gasteiger partial charge < -0.3 is 14.4 Å². The second-order valence-corrected chi connectivity index (χ2v) is 10.1. The fraction of sp³-hybridized carbons (Fsp3) is 0.429. The fourth-order valence-corrected chi connectivity index (χ4v) is 4.52. The molecule has 5 rings (SSSR count). The van der Waals surface area contributed by atoms with Crippen LogP contribution in [-0.2, 0) is 13.1 Å². The normalized spacial score (nSPS) is 14.4. The summed E-state index contributed by atoms with van der Waals surface area (Å²) in [7, 11) is 0. The van der Waals surface area contributed by atoms with E-state index in [0.29, 0.717) is 53.9 Å². The summed E-state index contributed by atoms with van der Waals surface area (Å²) in [6, 6.07) is 13.3. The highest BCUT2D eigenvalue weighted by molar-refractivity contribution is 5.78. The Balaban J connectivity index is 1.78. The minimum atomic E-state index is -0.638. The minimum Gasteiger partial charge on any atom is -0.477 e. The van der Waals surface area contributed by atoms with Crippen molar-refractivity contribution in [1.82, 2.24) is 23.7 Å². The fourth-order valence-electron chi connectivity index (χ4n) is 4.52. The van der Waals surface area contributed by atoms with Gasteiger partial charge in [0.25, 0.3) is 5.56 Å². The summed E-state index contributed by atoms with van der Waals surface area (Å²) < 4.78 is 10.7. The van der Waals surface area contributed by atoms with E-state index in [-0.39, 0.29) is 12.6 Å². The Hall–Kier alpha value is -3.72. The summed E-state index contributed by atoms with van der Waals surface area (Å²) in [5.74, 6) is 1.54. The maximum Gasteiger partial charge on any atom is 0.332 e. The number of aromatic nitrogens is 5. The molecule has 1 aromatic carbocycles. The Morgan fingerprint density at radius 1 is 1.05 bits per heavy atom. The van der Waals surface area contributed by atoms with Gasteiger partial charge in [-0.2, -0.15) is 0 Å². The third kappa shape index (κ3) is 5.09. The lowest BCUT2D eigenvalue weighted by Gasteiger charge is -2.16. The number of rotatable bonds is 10. The molecule has 0 spiro atoms. The number of hydrogen-bond acceptors (Lipinski definition) is 6. The lowest BCUT2D eigenvalue weighted by molar-refractivity contribution is 0.176. The van der Waals surface area contributed by atoms with Crippen molar-refractivity contribution in [2.45, 2.75) is 65.3 Å². The summed E-state index contributed by atoms with van der Waals surface area (Å²) >= 11 is 0. The van der Waals surface area contributed by atoms with Crippen molar-refractivity contribution >= 4 is 11.2 Å².